The van der Waals surface area contributed by atoms with E-state index in [9.17, 15) is 4.79 Å². The molecule has 0 bridgehead atoms. The lowest BCUT2D eigenvalue weighted by Gasteiger charge is -2.10. The molecule has 1 amide bonds. The highest BCUT2D eigenvalue weighted by molar-refractivity contribution is 5.96. The van der Waals surface area contributed by atoms with Gasteiger partial charge in [-0.25, -0.2) is 0 Å². The van der Waals surface area contributed by atoms with E-state index in [2.05, 4.69) is 5.32 Å². The second-order valence-electron chi connectivity index (χ2n) is 5.21. The molecule has 0 aromatic heterocycles. The van der Waals surface area contributed by atoms with Crippen molar-refractivity contribution in [2.45, 2.75) is 13.3 Å². The molecule has 0 aliphatic carbocycles. The fourth-order valence-electron chi connectivity index (χ4n) is 2.13. The van der Waals surface area contributed by atoms with Gasteiger partial charge in [0.1, 0.15) is 11.5 Å². The number of aryl methyl sites for hydroxylation is 1. The van der Waals surface area contributed by atoms with E-state index in [4.69, 9.17) is 15.2 Å². The summed E-state index contributed by atoms with van der Waals surface area (Å²) >= 11 is 0. The Hall–Kier alpha value is -2.40. The number of halogens is 1. The van der Waals surface area contributed by atoms with Crippen LogP contribution >= 0.6 is 12.4 Å². The van der Waals surface area contributed by atoms with Crippen molar-refractivity contribution in [3.8, 4) is 11.5 Å². The number of carbonyl (C=O) groups is 1. The normalized spacial score (nSPS) is 9.75. The van der Waals surface area contributed by atoms with Crippen molar-refractivity contribution in [3.05, 3.63) is 53.6 Å². The molecule has 6 heteroatoms. The smallest absolute Gasteiger partial charge is 0.251 e. The Bertz CT molecular complexity index is 677. The number of nitrogens with two attached hydrogens (primary N) is 1. The zero-order valence-electron chi connectivity index (χ0n) is 13.9. The Balaban J connectivity index is 0.00000288. The minimum atomic E-state index is -0.115. The summed E-state index contributed by atoms with van der Waals surface area (Å²) in [5.74, 6) is 1.39. The van der Waals surface area contributed by atoms with E-state index in [0.29, 0.717) is 30.8 Å². The van der Waals surface area contributed by atoms with Gasteiger partial charge in [0.05, 0.1) is 13.7 Å². The predicted molar refractivity (Wildman–Crippen MR) is 98.3 cm³/mol. The Labute approximate surface area is 148 Å². The monoisotopic (exact) mass is 350 g/mol. The third-order valence-corrected chi connectivity index (χ3v) is 3.42. The summed E-state index contributed by atoms with van der Waals surface area (Å²) in [6.45, 7) is 2.95. The number of benzene rings is 2. The maximum atomic E-state index is 12.1. The maximum absolute atomic E-state index is 12.1. The highest BCUT2D eigenvalue weighted by Gasteiger charge is 2.08. The van der Waals surface area contributed by atoms with E-state index in [1.165, 1.54) is 0 Å². The van der Waals surface area contributed by atoms with E-state index in [1.807, 2.05) is 37.3 Å². The van der Waals surface area contributed by atoms with Crippen LogP contribution in [0.25, 0.3) is 0 Å². The molecule has 2 aromatic rings. The molecular weight excluding hydrogens is 328 g/mol. The summed E-state index contributed by atoms with van der Waals surface area (Å²) in [6.07, 6.45) is 0.713. The van der Waals surface area contributed by atoms with Crippen LogP contribution in [0.4, 0.5) is 5.69 Å². The standard InChI is InChI=1S/C18H22N2O3.ClH/c1-13-7-8-14(19)11-17(13)18(21)20-9-4-10-23-16-6-3-5-15(12-16)22-2;/h3,5-8,11-12H,4,9-10,19H2,1-2H3,(H,20,21);1H. The van der Waals surface area contributed by atoms with Crippen molar-refractivity contribution in [1.29, 1.82) is 0 Å². The van der Waals surface area contributed by atoms with Crippen LogP contribution in [0.5, 0.6) is 11.5 Å². The summed E-state index contributed by atoms with van der Waals surface area (Å²) in [5.41, 5.74) is 7.82. The van der Waals surface area contributed by atoms with Crippen molar-refractivity contribution in [3.63, 3.8) is 0 Å². The molecule has 2 rings (SSSR count). The highest BCUT2D eigenvalue weighted by atomic mass is 35.5. The topological polar surface area (TPSA) is 73.6 Å². The lowest BCUT2D eigenvalue weighted by molar-refractivity contribution is 0.0951. The van der Waals surface area contributed by atoms with Gasteiger partial charge in [-0.05, 0) is 43.2 Å². The molecule has 0 aliphatic rings. The lowest BCUT2D eigenvalue weighted by atomic mass is 10.1. The van der Waals surface area contributed by atoms with E-state index in [1.54, 1.807) is 19.2 Å². The number of carbonyl (C=O) groups excluding carboxylic acids is 1. The molecule has 0 unspecified atom stereocenters. The molecule has 0 atom stereocenters. The largest absolute Gasteiger partial charge is 0.497 e. The number of ether oxygens (including phenoxy) is 2. The zero-order valence-corrected chi connectivity index (χ0v) is 14.7. The molecule has 0 saturated heterocycles. The number of methoxy groups -OCH3 is 1. The fourth-order valence-corrected chi connectivity index (χ4v) is 2.13. The summed E-state index contributed by atoms with van der Waals surface area (Å²) in [4.78, 5) is 12.1. The van der Waals surface area contributed by atoms with E-state index >= 15 is 0 Å². The minimum absolute atomic E-state index is 0. The number of nitrogen functional groups attached to an aromatic ring is 1. The van der Waals surface area contributed by atoms with Crippen molar-refractivity contribution >= 4 is 24.0 Å². The Kier molecular flexibility index (Phi) is 7.92. The number of nitrogens with one attached hydrogen (secondary N) is 1. The van der Waals surface area contributed by atoms with Crippen molar-refractivity contribution in [2.24, 2.45) is 0 Å². The van der Waals surface area contributed by atoms with E-state index < -0.39 is 0 Å². The third-order valence-electron chi connectivity index (χ3n) is 3.42. The SMILES string of the molecule is COc1cccc(OCCCNC(=O)c2cc(N)ccc2C)c1.Cl. The number of hydrogen-bond donors (Lipinski definition) is 2. The highest BCUT2D eigenvalue weighted by Crippen LogP contribution is 2.18. The van der Waals surface area contributed by atoms with Gasteiger partial charge in [-0.3, -0.25) is 4.79 Å². The third kappa shape index (κ3) is 5.66. The van der Waals surface area contributed by atoms with Crippen molar-refractivity contribution < 1.29 is 14.3 Å². The van der Waals surface area contributed by atoms with Crippen LogP contribution in [-0.4, -0.2) is 26.2 Å². The van der Waals surface area contributed by atoms with Gasteiger partial charge in [-0.2, -0.15) is 0 Å². The number of anilines is 1. The van der Waals surface area contributed by atoms with Gasteiger partial charge in [0, 0.05) is 23.9 Å². The molecule has 0 radical (unpaired) electrons. The van der Waals surface area contributed by atoms with Gasteiger partial charge in [0.15, 0.2) is 0 Å². The molecule has 2 aromatic carbocycles. The quantitative estimate of drug-likeness (QED) is 0.594. The molecule has 0 spiro atoms. The Morgan fingerprint density at radius 1 is 1.17 bits per heavy atom. The zero-order chi connectivity index (χ0) is 16.7. The molecule has 24 heavy (non-hydrogen) atoms. The Morgan fingerprint density at radius 2 is 1.92 bits per heavy atom. The first-order chi connectivity index (χ1) is 11.1. The van der Waals surface area contributed by atoms with Crippen LogP contribution in [0.2, 0.25) is 0 Å². The van der Waals surface area contributed by atoms with Crippen LogP contribution in [0.1, 0.15) is 22.3 Å². The van der Waals surface area contributed by atoms with Crippen LogP contribution in [0, 0.1) is 6.92 Å². The van der Waals surface area contributed by atoms with Gasteiger partial charge < -0.3 is 20.5 Å². The van der Waals surface area contributed by atoms with Gasteiger partial charge in [0.25, 0.3) is 5.91 Å². The summed E-state index contributed by atoms with van der Waals surface area (Å²) in [5, 5.41) is 2.88. The number of amides is 1. The van der Waals surface area contributed by atoms with Gasteiger partial charge in [-0.1, -0.05) is 12.1 Å². The fraction of sp³-hybridized carbons (Fsp3) is 0.278. The van der Waals surface area contributed by atoms with Crippen LogP contribution < -0.4 is 20.5 Å². The summed E-state index contributed by atoms with van der Waals surface area (Å²) in [6, 6.07) is 12.8. The summed E-state index contributed by atoms with van der Waals surface area (Å²) in [7, 11) is 1.62. The first-order valence-electron chi connectivity index (χ1n) is 7.51. The first kappa shape index (κ1) is 19.6. The molecule has 0 aliphatic heterocycles. The van der Waals surface area contributed by atoms with Gasteiger partial charge in [0.2, 0.25) is 0 Å². The molecule has 5 nitrogen and oxygen atoms in total. The maximum Gasteiger partial charge on any atom is 0.251 e. The van der Waals surface area contributed by atoms with E-state index in [0.717, 1.165) is 17.1 Å². The van der Waals surface area contributed by atoms with Crippen LogP contribution in [0.3, 0.4) is 0 Å². The Morgan fingerprint density at radius 3 is 2.67 bits per heavy atom. The van der Waals surface area contributed by atoms with Crippen molar-refractivity contribution in [1.82, 2.24) is 5.32 Å². The molecule has 3 N–H and O–H groups in total. The van der Waals surface area contributed by atoms with Crippen LogP contribution in [-0.2, 0) is 0 Å². The second-order valence-corrected chi connectivity index (χ2v) is 5.21. The average molecular weight is 351 g/mol. The molecule has 0 saturated carbocycles. The average Bonchev–Trinajstić information content (AvgIpc) is 2.56. The van der Waals surface area contributed by atoms with Crippen LogP contribution in [0.15, 0.2) is 42.5 Å². The minimum Gasteiger partial charge on any atom is -0.497 e. The summed E-state index contributed by atoms with van der Waals surface area (Å²) < 4.78 is 10.8. The predicted octanol–water partition coefficient (Wildman–Crippen LogP) is 3.21. The second kappa shape index (κ2) is 9.67. The molecular formula is C18H23ClN2O3. The number of hydrogen-bond acceptors (Lipinski definition) is 4. The van der Waals surface area contributed by atoms with E-state index in [-0.39, 0.29) is 18.3 Å². The number of rotatable bonds is 7. The molecule has 0 fully saturated rings. The van der Waals surface area contributed by atoms with Gasteiger partial charge >= 0.3 is 0 Å². The molecule has 0 heterocycles. The molecule has 130 valence electrons. The van der Waals surface area contributed by atoms with Crippen molar-refractivity contribution in [2.75, 3.05) is 26.0 Å². The first-order valence-corrected chi connectivity index (χ1v) is 7.51. The lowest BCUT2D eigenvalue weighted by Crippen LogP contribution is -2.26. The van der Waals surface area contributed by atoms with Gasteiger partial charge in [-0.15, -0.1) is 12.4 Å².